The summed E-state index contributed by atoms with van der Waals surface area (Å²) in [5.74, 6) is 1.78. The van der Waals surface area contributed by atoms with Crippen LogP contribution in [-0.2, 0) is 0 Å². The highest BCUT2D eigenvalue weighted by Crippen LogP contribution is 2.19. The third kappa shape index (κ3) is 6.40. The van der Waals surface area contributed by atoms with Crippen LogP contribution in [0.15, 0.2) is 12.7 Å². The van der Waals surface area contributed by atoms with Gasteiger partial charge >= 0.3 is 0 Å². The Bertz CT molecular complexity index is 56.4. The van der Waals surface area contributed by atoms with Gasteiger partial charge in [-0.15, -0.1) is 6.58 Å². The third-order valence-corrected chi connectivity index (χ3v) is 2.74. The monoisotopic (exact) mass is 150 g/mol. The van der Waals surface area contributed by atoms with Crippen LogP contribution in [0.1, 0.15) is 0 Å². The zero-order valence-electron chi connectivity index (χ0n) is 4.67. The molecule has 1 nitrogen and oxygen atoms in total. The average molecular weight is 150 g/mol. The van der Waals surface area contributed by atoms with Crippen LogP contribution in [0.25, 0.3) is 0 Å². The van der Waals surface area contributed by atoms with Crippen molar-refractivity contribution in [3.05, 3.63) is 12.7 Å². The minimum atomic E-state index is 0.273. The smallest absolute Gasteiger partial charge is 0.0530 e. The van der Waals surface area contributed by atoms with Gasteiger partial charge in [0, 0.05) is 11.5 Å². The van der Waals surface area contributed by atoms with Gasteiger partial charge in [-0.25, -0.2) is 0 Å². The molecule has 0 unspecified atom stereocenters. The number of rotatable bonds is 5. The standard InChI is InChI=1S/C5H10OS2/c1-2-4-7-8-5-3-6/h2,6H,1,3-5H2. The molecule has 0 saturated heterocycles. The normalized spacial score (nSPS) is 9.12. The SMILES string of the molecule is C=CCSSCCO. The maximum absolute atomic E-state index is 8.31. The second kappa shape index (κ2) is 7.40. The van der Waals surface area contributed by atoms with Crippen LogP contribution < -0.4 is 0 Å². The predicted molar refractivity (Wildman–Crippen MR) is 42.2 cm³/mol. The van der Waals surface area contributed by atoms with Gasteiger partial charge < -0.3 is 5.11 Å². The molecule has 48 valence electrons. The summed E-state index contributed by atoms with van der Waals surface area (Å²) in [5, 5.41) is 8.31. The summed E-state index contributed by atoms with van der Waals surface area (Å²) in [6.45, 7) is 3.83. The van der Waals surface area contributed by atoms with Gasteiger partial charge in [-0.3, -0.25) is 0 Å². The summed E-state index contributed by atoms with van der Waals surface area (Å²) < 4.78 is 0. The fourth-order valence-electron chi connectivity index (χ4n) is 0.192. The summed E-state index contributed by atoms with van der Waals surface area (Å²) in [6, 6.07) is 0. The number of hydrogen-bond acceptors (Lipinski definition) is 3. The van der Waals surface area contributed by atoms with E-state index in [9.17, 15) is 0 Å². The predicted octanol–water partition coefficient (Wildman–Crippen LogP) is 1.55. The molecule has 0 aromatic carbocycles. The van der Waals surface area contributed by atoms with Crippen molar-refractivity contribution in [1.29, 1.82) is 0 Å². The topological polar surface area (TPSA) is 20.2 Å². The first-order chi connectivity index (χ1) is 3.91. The average Bonchev–Trinajstić information content (AvgIpc) is 1.81. The van der Waals surface area contributed by atoms with Crippen molar-refractivity contribution >= 4 is 21.6 Å². The Labute approximate surface area is 57.9 Å². The van der Waals surface area contributed by atoms with Crippen molar-refractivity contribution in [2.45, 2.75) is 0 Å². The van der Waals surface area contributed by atoms with E-state index in [1.54, 1.807) is 21.6 Å². The van der Waals surface area contributed by atoms with Gasteiger partial charge in [0.05, 0.1) is 6.61 Å². The van der Waals surface area contributed by atoms with Gasteiger partial charge in [-0.1, -0.05) is 27.7 Å². The first kappa shape index (κ1) is 8.40. The van der Waals surface area contributed by atoms with E-state index >= 15 is 0 Å². The van der Waals surface area contributed by atoms with E-state index in [-0.39, 0.29) is 6.61 Å². The largest absolute Gasteiger partial charge is 0.395 e. The fraction of sp³-hybridized carbons (Fsp3) is 0.600. The first-order valence-corrected chi connectivity index (χ1v) is 4.86. The van der Waals surface area contributed by atoms with E-state index < -0.39 is 0 Å². The lowest BCUT2D eigenvalue weighted by atomic mass is 10.8. The molecule has 0 spiro atoms. The van der Waals surface area contributed by atoms with Crippen LogP contribution in [0.3, 0.4) is 0 Å². The summed E-state index contributed by atoms with van der Waals surface area (Å²) in [6.07, 6.45) is 1.86. The molecule has 3 heteroatoms. The summed E-state index contributed by atoms with van der Waals surface area (Å²) >= 11 is 0. The molecular formula is C5H10OS2. The van der Waals surface area contributed by atoms with Gasteiger partial charge in [0.15, 0.2) is 0 Å². The maximum atomic E-state index is 8.31. The molecule has 0 radical (unpaired) electrons. The van der Waals surface area contributed by atoms with Crippen LogP contribution in [0.5, 0.6) is 0 Å². The molecule has 1 N–H and O–H groups in total. The van der Waals surface area contributed by atoms with Crippen molar-refractivity contribution in [2.24, 2.45) is 0 Å². The zero-order chi connectivity index (χ0) is 6.24. The van der Waals surface area contributed by atoms with E-state index in [1.807, 2.05) is 6.08 Å². The molecule has 0 fully saturated rings. The Hall–Kier alpha value is 0.400. The van der Waals surface area contributed by atoms with Crippen molar-refractivity contribution in [3.8, 4) is 0 Å². The molecule has 0 amide bonds. The summed E-state index contributed by atoms with van der Waals surface area (Å²) in [5.41, 5.74) is 0. The molecule has 0 aromatic rings. The van der Waals surface area contributed by atoms with Gasteiger partial charge in [0.1, 0.15) is 0 Å². The molecule has 0 aliphatic heterocycles. The minimum absolute atomic E-state index is 0.273. The van der Waals surface area contributed by atoms with Gasteiger partial charge in [-0.2, -0.15) is 0 Å². The van der Waals surface area contributed by atoms with Crippen LogP contribution in [0.2, 0.25) is 0 Å². The number of aliphatic hydroxyl groups is 1. The Balaban J connectivity index is 2.62. The number of hydrogen-bond donors (Lipinski definition) is 1. The molecule has 0 aliphatic carbocycles. The molecular weight excluding hydrogens is 140 g/mol. The molecule has 0 aliphatic rings. The van der Waals surface area contributed by atoms with Crippen LogP contribution in [0.4, 0.5) is 0 Å². The molecule has 0 saturated carbocycles. The first-order valence-electron chi connectivity index (χ1n) is 2.38. The van der Waals surface area contributed by atoms with Crippen molar-refractivity contribution in [3.63, 3.8) is 0 Å². The molecule has 0 heterocycles. The molecule has 0 bridgehead atoms. The minimum Gasteiger partial charge on any atom is -0.395 e. The lowest BCUT2D eigenvalue weighted by molar-refractivity contribution is 0.323. The molecule has 8 heavy (non-hydrogen) atoms. The summed E-state index contributed by atoms with van der Waals surface area (Å²) in [4.78, 5) is 0. The van der Waals surface area contributed by atoms with E-state index in [2.05, 4.69) is 6.58 Å². The van der Waals surface area contributed by atoms with Crippen LogP contribution in [0, 0.1) is 0 Å². The van der Waals surface area contributed by atoms with E-state index in [0.29, 0.717) is 0 Å². The van der Waals surface area contributed by atoms with Crippen LogP contribution in [-0.4, -0.2) is 23.2 Å². The second-order valence-electron chi connectivity index (χ2n) is 1.12. The third-order valence-electron chi connectivity index (χ3n) is 0.444. The van der Waals surface area contributed by atoms with Crippen LogP contribution >= 0.6 is 21.6 Å². The van der Waals surface area contributed by atoms with Gasteiger partial charge in [0.2, 0.25) is 0 Å². The molecule has 0 atom stereocenters. The second-order valence-corrected chi connectivity index (χ2v) is 3.75. The Morgan fingerprint density at radius 3 is 2.75 bits per heavy atom. The molecule has 0 aromatic heterocycles. The fourth-order valence-corrected chi connectivity index (χ4v) is 1.73. The van der Waals surface area contributed by atoms with Gasteiger partial charge in [-0.05, 0) is 0 Å². The highest BCUT2D eigenvalue weighted by Gasteiger charge is 1.82. The molecule has 0 rings (SSSR count). The maximum Gasteiger partial charge on any atom is 0.0530 e. The van der Waals surface area contributed by atoms with E-state index in [0.717, 1.165) is 11.5 Å². The lowest BCUT2D eigenvalue weighted by Crippen LogP contribution is -1.81. The Morgan fingerprint density at radius 2 is 2.25 bits per heavy atom. The Morgan fingerprint density at radius 1 is 1.50 bits per heavy atom. The zero-order valence-corrected chi connectivity index (χ0v) is 6.30. The summed E-state index contributed by atoms with van der Waals surface area (Å²) in [7, 11) is 3.39. The highest BCUT2D eigenvalue weighted by molar-refractivity contribution is 8.76. The number of aliphatic hydroxyl groups excluding tert-OH is 1. The Kier molecular flexibility index (Phi) is 7.77. The van der Waals surface area contributed by atoms with E-state index in [4.69, 9.17) is 5.11 Å². The van der Waals surface area contributed by atoms with Gasteiger partial charge in [0.25, 0.3) is 0 Å². The van der Waals surface area contributed by atoms with Crippen molar-refractivity contribution < 1.29 is 5.11 Å². The quantitative estimate of drug-likeness (QED) is 0.365. The van der Waals surface area contributed by atoms with Crippen molar-refractivity contribution in [2.75, 3.05) is 18.1 Å². The lowest BCUT2D eigenvalue weighted by Gasteiger charge is -1.91. The van der Waals surface area contributed by atoms with E-state index in [1.165, 1.54) is 0 Å². The van der Waals surface area contributed by atoms with Crippen molar-refractivity contribution in [1.82, 2.24) is 0 Å². The highest BCUT2D eigenvalue weighted by atomic mass is 33.1.